The summed E-state index contributed by atoms with van der Waals surface area (Å²) in [5.74, 6) is 1.08. The van der Waals surface area contributed by atoms with Crippen molar-refractivity contribution in [2.75, 3.05) is 7.11 Å². The number of benzene rings is 3. The number of rotatable bonds is 8. The second-order valence-corrected chi connectivity index (χ2v) is 16.2. The molecular formula is C27H33OSn. The first-order valence-electron chi connectivity index (χ1n) is 10.4. The third-order valence-corrected chi connectivity index (χ3v) is 16.7. The number of ether oxygens (including phenoxy) is 1. The van der Waals surface area contributed by atoms with Gasteiger partial charge in [-0.25, -0.2) is 0 Å². The average Bonchev–Trinajstić information content (AvgIpc) is 2.74. The van der Waals surface area contributed by atoms with Crippen molar-refractivity contribution in [3.05, 3.63) is 96.1 Å². The molecule has 0 aliphatic heterocycles. The van der Waals surface area contributed by atoms with Gasteiger partial charge in [-0.05, 0) is 0 Å². The average molecular weight is 492 g/mol. The zero-order chi connectivity index (χ0) is 20.9. The summed E-state index contributed by atoms with van der Waals surface area (Å²) >= 11 is -2.09. The van der Waals surface area contributed by atoms with Crippen LogP contribution in [0.1, 0.15) is 38.8 Å². The molecule has 0 saturated carbocycles. The van der Waals surface area contributed by atoms with Gasteiger partial charge >= 0.3 is 184 Å². The predicted octanol–water partition coefficient (Wildman–Crippen LogP) is 6.35. The molecule has 1 radical (unpaired) electrons. The number of hydrogen-bond donors (Lipinski definition) is 0. The predicted molar refractivity (Wildman–Crippen MR) is 127 cm³/mol. The van der Waals surface area contributed by atoms with Gasteiger partial charge in [-0.1, -0.05) is 0 Å². The fraction of sp³-hybridized carbons (Fsp3) is 0.333. The topological polar surface area (TPSA) is 9.23 Å². The SMILES string of the molecule is COc1cccc[c]1[Sn]([CH2]C(C)(C)c1ccccc1)[CH2]C(C)(C)c1ccccc1. The van der Waals surface area contributed by atoms with Crippen molar-refractivity contribution in [3.8, 4) is 5.75 Å². The van der Waals surface area contributed by atoms with E-state index in [9.17, 15) is 0 Å². The summed E-state index contributed by atoms with van der Waals surface area (Å²) < 4.78 is 9.84. The van der Waals surface area contributed by atoms with Gasteiger partial charge in [0.1, 0.15) is 0 Å². The summed E-state index contributed by atoms with van der Waals surface area (Å²) in [5, 5.41) is 0. The van der Waals surface area contributed by atoms with Gasteiger partial charge in [0.2, 0.25) is 0 Å². The van der Waals surface area contributed by atoms with Gasteiger partial charge in [-0.3, -0.25) is 0 Å². The molecule has 0 N–H and O–H groups in total. The van der Waals surface area contributed by atoms with Gasteiger partial charge in [0, 0.05) is 0 Å². The van der Waals surface area contributed by atoms with Crippen LogP contribution in [0.3, 0.4) is 0 Å². The van der Waals surface area contributed by atoms with Crippen LogP contribution in [0.25, 0.3) is 0 Å². The molecule has 0 aliphatic carbocycles. The quantitative estimate of drug-likeness (QED) is 0.333. The molecule has 3 aromatic carbocycles. The van der Waals surface area contributed by atoms with Crippen molar-refractivity contribution in [1.29, 1.82) is 0 Å². The maximum absolute atomic E-state index is 5.82. The molecule has 0 atom stereocenters. The normalized spacial score (nSPS) is 12.2. The van der Waals surface area contributed by atoms with E-state index in [2.05, 4.69) is 113 Å². The molecule has 0 heterocycles. The Morgan fingerprint density at radius 3 is 1.48 bits per heavy atom. The minimum absolute atomic E-state index is 0.156. The van der Waals surface area contributed by atoms with Crippen LogP contribution in [0.15, 0.2) is 84.9 Å². The van der Waals surface area contributed by atoms with Gasteiger partial charge in [-0.2, -0.15) is 0 Å². The molecule has 0 bridgehead atoms. The van der Waals surface area contributed by atoms with Gasteiger partial charge < -0.3 is 0 Å². The van der Waals surface area contributed by atoms with E-state index in [-0.39, 0.29) is 10.8 Å². The second-order valence-electron chi connectivity index (χ2n) is 9.16. The van der Waals surface area contributed by atoms with Crippen molar-refractivity contribution in [3.63, 3.8) is 0 Å². The molecule has 2 heteroatoms. The van der Waals surface area contributed by atoms with Crippen LogP contribution in [-0.2, 0) is 10.8 Å². The molecule has 3 aromatic rings. The van der Waals surface area contributed by atoms with E-state index in [1.165, 1.54) is 23.6 Å². The molecule has 0 fully saturated rings. The Balaban J connectivity index is 1.98. The first kappa shape index (κ1) is 22.0. The Morgan fingerprint density at radius 1 is 0.621 bits per heavy atom. The van der Waals surface area contributed by atoms with Crippen molar-refractivity contribution >= 4 is 23.3 Å². The second kappa shape index (κ2) is 9.38. The molecule has 0 unspecified atom stereocenters. The third-order valence-electron chi connectivity index (χ3n) is 5.91. The van der Waals surface area contributed by atoms with Crippen molar-refractivity contribution in [1.82, 2.24) is 0 Å². The van der Waals surface area contributed by atoms with Crippen molar-refractivity contribution in [2.24, 2.45) is 0 Å². The van der Waals surface area contributed by atoms with E-state index >= 15 is 0 Å². The summed E-state index contributed by atoms with van der Waals surface area (Å²) in [6.45, 7) is 9.64. The zero-order valence-corrected chi connectivity index (χ0v) is 21.3. The monoisotopic (exact) mass is 493 g/mol. The fourth-order valence-corrected chi connectivity index (χ4v) is 15.4. The van der Waals surface area contributed by atoms with E-state index in [0.717, 1.165) is 5.75 Å². The maximum atomic E-state index is 5.82. The van der Waals surface area contributed by atoms with Crippen LogP contribution in [-0.4, -0.2) is 26.9 Å². The van der Waals surface area contributed by atoms with Gasteiger partial charge in [-0.15, -0.1) is 0 Å². The summed E-state index contributed by atoms with van der Waals surface area (Å²) in [6, 6.07) is 30.7. The van der Waals surface area contributed by atoms with E-state index in [1.54, 1.807) is 0 Å². The molecule has 151 valence electrons. The Bertz CT molecular complexity index is 847. The molecule has 0 aliphatic rings. The van der Waals surface area contributed by atoms with Crippen LogP contribution in [0.4, 0.5) is 0 Å². The van der Waals surface area contributed by atoms with Crippen LogP contribution in [0.5, 0.6) is 5.75 Å². The van der Waals surface area contributed by atoms with Gasteiger partial charge in [0.15, 0.2) is 0 Å². The van der Waals surface area contributed by atoms with Crippen molar-refractivity contribution < 1.29 is 4.74 Å². The summed E-state index contributed by atoms with van der Waals surface area (Å²) in [7, 11) is 1.81. The molecule has 0 aromatic heterocycles. The van der Waals surface area contributed by atoms with E-state index in [0.29, 0.717) is 0 Å². The van der Waals surface area contributed by atoms with Crippen LogP contribution in [0.2, 0.25) is 8.87 Å². The summed E-state index contributed by atoms with van der Waals surface area (Å²) in [5.41, 5.74) is 3.18. The number of methoxy groups -OCH3 is 1. The Hall–Kier alpha value is -1.74. The van der Waals surface area contributed by atoms with Gasteiger partial charge in [0.25, 0.3) is 0 Å². The molecular weight excluding hydrogens is 459 g/mol. The molecule has 0 saturated heterocycles. The number of hydrogen-bond acceptors (Lipinski definition) is 1. The minimum atomic E-state index is -2.09. The van der Waals surface area contributed by atoms with E-state index < -0.39 is 19.8 Å². The van der Waals surface area contributed by atoms with Gasteiger partial charge in [0.05, 0.1) is 0 Å². The molecule has 3 rings (SSSR count). The first-order valence-corrected chi connectivity index (χ1v) is 15.9. The zero-order valence-electron chi connectivity index (χ0n) is 18.4. The Labute approximate surface area is 183 Å². The van der Waals surface area contributed by atoms with Crippen LogP contribution < -0.4 is 8.32 Å². The Kier molecular flexibility index (Phi) is 7.10. The first-order chi connectivity index (χ1) is 13.8. The standard InChI is InChI=1S/2C10H13.C7H7O.Sn/c2*1-10(2,3)9-7-5-4-6-8-9;1-8-7-5-3-2-4-6-7;/h2*4-8H,1H2,2-3H3;2-5H,1H3;. The summed E-state index contributed by atoms with van der Waals surface area (Å²) in [4.78, 5) is 0. The molecule has 0 spiro atoms. The molecule has 0 amide bonds. The van der Waals surface area contributed by atoms with E-state index in [1.807, 2.05) is 7.11 Å². The fourth-order valence-electron chi connectivity index (χ4n) is 4.24. The van der Waals surface area contributed by atoms with Crippen LogP contribution >= 0.6 is 0 Å². The number of para-hydroxylation sites is 1. The van der Waals surface area contributed by atoms with Crippen molar-refractivity contribution in [2.45, 2.75) is 47.4 Å². The third kappa shape index (κ3) is 5.45. The Morgan fingerprint density at radius 2 is 1.03 bits per heavy atom. The van der Waals surface area contributed by atoms with Crippen LogP contribution in [0, 0.1) is 0 Å². The van der Waals surface area contributed by atoms with E-state index in [4.69, 9.17) is 4.74 Å². The molecule has 29 heavy (non-hydrogen) atoms. The molecule has 1 nitrogen and oxygen atoms in total. The summed E-state index contributed by atoms with van der Waals surface area (Å²) in [6.07, 6.45) is 0.